The summed E-state index contributed by atoms with van der Waals surface area (Å²) in [5, 5.41) is 3.46. The van der Waals surface area contributed by atoms with Gasteiger partial charge in [0.2, 0.25) is 0 Å². The lowest BCUT2D eigenvalue weighted by Gasteiger charge is -2.16. The Balaban J connectivity index is 1.79. The van der Waals surface area contributed by atoms with Crippen molar-refractivity contribution in [1.82, 2.24) is 10.2 Å². The van der Waals surface area contributed by atoms with Gasteiger partial charge < -0.3 is 10.2 Å². The number of unbranched alkanes of at least 4 members (excludes halogenated alkanes) is 2. The first kappa shape index (κ1) is 14.0. The third-order valence-electron chi connectivity index (χ3n) is 3.64. The van der Waals surface area contributed by atoms with Gasteiger partial charge >= 0.3 is 0 Å². The summed E-state index contributed by atoms with van der Waals surface area (Å²) in [6.07, 6.45) is 6.80. The Bertz CT molecular complexity index is 170. The van der Waals surface area contributed by atoms with Crippen LogP contribution in [-0.4, -0.2) is 38.1 Å². The second-order valence-corrected chi connectivity index (χ2v) is 5.55. The predicted molar refractivity (Wildman–Crippen MR) is 71.8 cm³/mol. The van der Waals surface area contributed by atoms with Crippen LogP contribution in [0, 0.1) is 11.8 Å². The first-order chi connectivity index (χ1) is 7.74. The highest BCUT2D eigenvalue weighted by Gasteiger charge is 2.32. The van der Waals surface area contributed by atoms with Gasteiger partial charge in [-0.1, -0.05) is 20.3 Å². The molecule has 0 spiro atoms. The molecular weight excluding hydrogens is 196 g/mol. The van der Waals surface area contributed by atoms with Crippen molar-refractivity contribution >= 4 is 0 Å². The molecule has 2 nitrogen and oxygen atoms in total. The molecule has 0 aromatic carbocycles. The molecule has 2 heteroatoms. The van der Waals surface area contributed by atoms with Gasteiger partial charge in [0.15, 0.2) is 0 Å². The molecule has 1 aliphatic rings. The molecule has 1 rings (SSSR count). The van der Waals surface area contributed by atoms with Crippen molar-refractivity contribution in [2.24, 2.45) is 11.8 Å². The average molecular weight is 226 g/mol. The maximum atomic E-state index is 3.46. The van der Waals surface area contributed by atoms with E-state index in [4.69, 9.17) is 0 Å². The van der Waals surface area contributed by atoms with Gasteiger partial charge in [-0.2, -0.15) is 0 Å². The van der Waals surface area contributed by atoms with Crippen LogP contribution in [0.4, 0.5) is 0 Å². The minimum atomic E-state index is 1.00. The van der Waals surface area contributed by atoms with Crippen molar-refractivity contribution in [3.8, 4) is 0 Å². The smallest absolute Gasteiger partial charge is 0.000926 e. The molecule has 2 atom stereocenters. The molecule has 0 aromatic rings. The normalized spacial score (nSPS) is 24.0. The zero-order chi connectivity index (χ0) is 11.8. The number of rotatable bonds is 10. The zero-order valence-electron chi connectivity index (χ0n) is 11.5. The fraction of sp³-hybridized carbons (Fsp3) is 1.00. The topological polar surface area (TPSA) is 15.3 Å². The summed E-state index contributed by atoms with van der Waals surface area (Å²) in [5.74, 6) is 2.01. The van der Waals surface area contributed by atoms with Crippen LogP contribution in [0.1, 0.15) is 46.0 Å². The first-order valence-electron chi connectivity index (χ1n) is 7.13. The standard InChI is InChI=1S/C14H30N2/c1-4-8-15-9-6-5-7-10-16(3)12-14-11-13(14)2/h13-15H,4-12H2,1-3H3. The van der Waals surface area contributed by atoms with E-state index in [1.54, 1.807) is 0 Å². The Morgan fingerprint density at radius 2 is 1.94 bits per heavy atom. The molecule has 1 saturated carbocycles. The summed E-state index contributed by atoms with van der Waals surface area (Å²) in [6.45, 7) is 9.60. The summed E-state index contributed by atoms with van der Waals surface area (Å²) in [6, 6.07) is 0. The van der Waals surface area contributed by atoms with Crippen LogP contribution in [0.25, 0.3) is 0 Å². The first-order valence-corrected chi connectivity index (χ1v) is 7.13. The molecule has 0 radical (unpaired) electrons. The predicted octanol–water partition coefficient (Wildman–Crippen LogP) is 2.74. The zero-order valence-corrected chi connectivity index (χ0v) is 11.5. The van der Waals surface area contributed by atoms with Crippen molar-refractivity contribution in [2.45, 2.75) is 46.0 Å². The molecule has 0 amide bonds. The molecular formula is C14H30N2. The van der Waals surface area contributed by atoms with Crippen LogP contribution >= 0.6 is 0 Å². The number of nitrogens with one attached hydrogen (secondary N) is 1. The summed E-state index contributed by atoms with van der Waals surface area (Å²) >= 11 is 0. The summed E-state index contributed by atoms with van der Waals surface area (Å²) in [4.78, 5) is 2.52. The summed E-state index contributed by atoms with van der Waals surface area (Å²) < 4.78 is 0. The maximum absolute atomic E-state index is 3.46. The van der Waals surface area contributed by atoms with Crippen LogP contribution in [0.5, 0.6) is 0 Å². The molecule has 0 heterocycles. The van der Waals surface area contributed by atoms with Crippen LogP contribution in [0.15, 0.2) is 0 Å². The maximum Gasteiger partial charge on any atom is 0.000926 e. The van der Waals surface area contributed by atoms with E-state index in [1.165, 1.54) is 58.3 Å². The summed E-state index contributed by atoms with van der Waals surface area (Å²) in [7, 11) is 2.28. The fourth-order valence-corrected chi connectivity index (χ4v) is 2.26. The monoisotopic (exact) mass is 226 g/mol. The fourth-order valence-electron chi connectivity index (χ4n) is 2.26. The molecule has 1 N–H and O–H groups in total. The van der Waals surface area contributed by atoms with Gasteiger partial charge in [0, 0.05) is 6.54 Å². The van der Waals surface area contributed by atoms with E-state index in [0.29, 0.717) is 0 Å². The minimum Gasteiger partial charge on any atom is -0.317 e. The van der Waals surface area contributed by atoms with Crippen molar-refractivity contribution < 1.29 is 0 Å². The Morgan fingerprint density at radius 1 is 1.19 bits per heavy atom. The van der Waals surface area contributed by atoms with Gasteiger partial charge in [-0.25, -0.2) is 0 Å². The molecule has 0 aromatic heterocycles. The number of nitrogens with zero attached hydrogens (tertiary/aromatic N) is 1. The van der Waals surface area contributed by atoms with Gasteiger partial charge in [0.1, 0.15) is 0 Å². The third-order valence-corrected chi connectivity index (χ3v) is 3.64. The van der Waals surface area contributed by atoms with Gasteiger partial charge in [0.05, 0.1) is 0 Å². The van der Waals surface area contributed by atoms with Crippen molar-refractivity contribution in [1.29, 1.82) is 0 Å². The van der Waals surface area contributed by atoms with E-state index in [1.807, 2.05) is 0 Å². The van der Waals surface area contributed by atoms with Crippen LogP contribution in [-0.2, 0) is 0 Å². The van der Waals surface area contributed by atoms with Crippen molar-refractivity contribution in [3.05, 3.63) is 0 Å². The Kier molecular flexibility index (Phi) is 7.06. The third kappa shape index (κ3) is 6.49. The van der Waals surface area contributed by atoms with Gasteiger partial charge in [-0.15, -0.1) is 0 Å². The lowest BCUT2D eigenvalue weighted by atomic mass is 10.2. The molecule has 1 fully saturated rings. The second kappa shape index (κ2) is 8.08. The largest absolute Gasteiger partial charge is 0.317 e. The molecule has 0 bridgehead atoms. The quantitative estimate of drug-likeness (QED) is 0.576. The molecule has 1 aliphatic carbocycles. The lowest BCUT2D eigenvalue weighted by molar-refractivity contribution is 0.306. The molecule has 2 unspecified atom stereocenters. The van der Waals surface area contributed by atoms with Crippen LogP contribution < -0.4 is 5.32 Å². The number of hydrogen-bond donors (Lipinski definition) is 1. The van der Waals surface area contributed by atoms with E-state index in [9.17, 15) is 0 Å². The van der Waals surface area contributed by atoms with Crippen molar-refractivity contribution in [3.63, 3.8) is 0 Å². The van der Waals surface area contributed by atoms with Crippen LogP contribution in [0.3, 0.4) is 0 Å². The lowest BCUT2D eigenvalue weighted by Crippen LogP contribution is -2.23. The Hall–Kier alpha value is -0.0800. The molecule has 16 heavy (non-hydrogen) atoms. The molecule has 0 aliphatic heterocycles. The van der Waals surface area contributed by atoms with Gasteiger partial charge in [-0.3, -0.25) is 0 Å². The minimum absolute atomic E-state index is 1.00. The Labute approximate surface area is 102 Å². The van der Waals surface area contributed by atoms with Gasteiger partial charge in [0.25, 0.3) is 0 Å². The average Bonchev–Trinajstić information content (AvgIpc) is 2.93. The highest BCUT2D eigenvalue weighted by atomic mass is 15.1. The van der Waals surface area contributed by atoms with E-state index < -0.39 is 0 Å². The molecule has 0 saturated heterocycles. The van der Waals surface area contributed by atoms with Crippen LogP contribution in [0.2, 0.25) is 0 Å². The summed E-state index contributed by atoms with van der Waals surface area (Å²) in [5.41, 5.74) is 0. The van der Waals surface area contributed by atoms with E-state index in [2.05, 4.69) is 31.1 Å². The highest BCUT2D eigenvalue weighted by Crippen LogP contribution is 2.37. The van der Waals surface area contributed by atoms with Crippen molar-refractivity contribution in [2.75, 3.05) is 33.2 Å². The van der Waals surface area contributed by atoms with E-state index in [-0.39, 0.29) is 0 Å². The second-order valence-electron chi connectivity index (χ2n) is 5.55. The highest BCUT2D eigenvalue weighted by molar-refractivity contribution is 4.84. The van der Waals surface area contributed by atoms with Gasteiger partial charge in [-0.05, 0) is 64.2 Å². The van der Waals surface area contributed by atoms with E-state index >= 15 is 0 Å². The number of hydrogen-bond acceptors (Lipinski definition) is 2. The molecule has 96 valence electrons. The van der Waals surface area contributed by atoms with E-state index in [0.717, 1.165) is 11.8 Å². The Morgan fingerprint density at radius 3 is 2.56 bits per heavy atom. The SMILES string of the molecule is CCCNCCCCCN(C)CC1CC1C.